The van der Waals surface area contributed by atoms with Crippen molar-refractivity contribution in [2.45, 2.75) is 13.0 Å². The zero-order chi connectivity index (χ0) is 14.4. The van der Waals surface area contributed by atoms with E-state index in [0.29, 0.717) is 11.3 Å². The highest BCUT2D eigenvalue weighted by molar-refractivity contribution is 9.11. The van der Waals surface area contributed by atoms with E-state index in [9.17, 15) is 9.90 Å². The smallest absolute Gasteiger partial charge is 0.333 e. The first kappa shape index (κ1) is 16.2. The molecule has 0 spiro atoms. The van der Waals surface area contributed by atoms with Crippen molar-refractivity contribution in [1.29, 1.82) is 0 Å². The summed E-state index contributed by atoms with van der Waals surface area (Å²) in [6.07, 6.45) is -0.890. The maximum Gasteiger partial charge on any atom is 0.333 e. The maximum absolute atomic E-state index is 11.1. The van der Waals surface area contributed by atoms with E-state index in [1.807, 2.05) is 12.1 Å². The molecular formula is C13H14Br2O4. The second kappa shape index (κ2) is 7.67. The standard InChI is InChI=1S/C13H14Br2O4/c1-8(2)13(17)19-7-10(16)6-18-12-4-3-9(14)5-11(12)15/h3-5,10,16H,1,6-7H2,2H3. The van der Waals surface area contributed by atoms with Crippen LogP contribution in [0.15, 0.2) is 39.3 Å². The molecule has 1 aromatic carbocycles. The molecule has 0 aliphatic heterocycles. The van der Waals surface area contributed by atoms with Crippen LogP contribution >= 0.6 is 31.9 Å². The van der Waals surface area contributed by atoms with Crippen LogP contribution in [0.3, 0.4) is 0 Å². The molecule has 4 nitrogen and oxygen atoms in total. The first-order valence-electron chi connectivity index (χ1n) is 5.48. The van der Waals surface area contributed by atoms with E-state index in [0.717, 1.165) is 8.95 Å². The Bertz CT molecular complexity index is 474. The fraction of sp³-hybridized carbons (Fsp3) is 0.308. The van der Waals surface area contributed by atoms with Crippen molar-refractivity contribution in [1.82, 2.24) is 0 Å². The number of esters is 1. The van der Waals surface area contributed by atoms with E-state index >= 15 is 0 Å². The van der Waals surface area contributed by atoms with Crippen LogP contribution in [0.1, 0.15) is 6.92 Å². The molecule has 6 heteroatoms. The molecule has 0 aromatic heterocycles. The van der Waals surface area contributed by atoms with Gasteiger partial charge in [0.2, 0.25) is 0 Å². The number of hydrogen-bond donors (Lipinski definition) is 1. The first-order valence-corrected chi connectivity index (χ1v) is 7.07. The molecule has 0 fully saturated rings. The van der Waals surface area contributed by atoms with Crippen molar-refractivity contribution < 1.29 is 19.4 Å². The van der Waals surface area contributed by atoms with Crippen molar-refractivity contribution in [2.75, 3.05) is 13.2 Å². The second-order valence-electron chi connectivity index (χ2n) is 3.92. The van der Waals surface area contributed by atoms with Crippen LogP contribution in [0, 0.1) is 0 Å². The molecule has 0 aliphatic rings. The Balaban J connectivity index is 2.39. The van der Waals surface area contributed by atoms with Gasteiger partial charge in [-0.05, 0) is 41.1 Å². The fourth-order valence-electron chi connectivity index (χ4n) is 1.12. The van der Waals surface area contributed by atoms with E-state index in [1.54, 1.807) is 13.0 Å². The van der Waals surface area contributed by atoms with E-state index in [1.165, 1.54) is 0 Å². The topological polar surface area (TPSA) is 55.8 Å². The summed E-state index contributed by atoms with van der Waals surface area (Å²) < 4.78 is 11.9. The molecule has 1 unspecified atom stereocenters. The Labute approximate surface area is 128 Å². The Morgan fingerprint density at radius 3 is 2.68 bits per heavy atom. The molecule has 0 aliphatic carbocycles. The zero-order valence-electron chi connectivity index (χ0n) is 10.4. The summed E-state index contributed by atoms with van der Waals surface area (Å²) in [5.41, 5.74) is 0.295. The number of aliphatic hydroxyl groups excluding tert-OH is 1. The number of benzene rings is 1. The van der Waals surface area contributed by atoms with E-state index in [2.05, 4.69) is 38.4 Å². The quantitative estimate of drug-likeness (QED) is 0.596. The summed E-state index contributed by atoms with van der Waals surface area (Å²) in [7, 11) is 0. The number of rotatable bonds is 6. The maximum atomic E-state index is 11.1. The van der Waals surface area contributed by atoms with E-state index in [4.69, 9.17) is 9.47 Å². The molecule has 19 heavy (non-hydrogen) atoms. The van der Waals surface area contributed by atoms with Crippen LogP contribution in [0.4, 0.5) is 0 Å². The summed E-state index contributed by atoms with van der Waals surface area (Å²) >= 11 is 6.67. The number of carbonyl (C=O) groups is 1. The minimum Gasteiger partial charge on any atom is -0.490 e. The third-order valence-corrected chi connectivity index (χ3v) is 3.19. The minimum absolute atomic E-state index is 0.0315. The molecule has 0 amide bonds. The molecule has 1 rings (SSSR count). The molecule has 0 radical (unpaired) electrons. The summed E-state index contributed by atoms with van der Waals surface area (Å²) in [4.78, 5) is 11.1. The SMILES string of the molecule is C=C(C)C(=O)OCC(O)COc1ccc(Br)cc1Br. The van der Waals surface area contributed by atoms with Crippen molar-refractivity contribution in [3.8, 4) is 5.75 Å². The molecular weight excluding hydrogens is 380 g/mol. The first-order chi connectivity index (χ1) is 8.90. The van der Waals surface area contributed by atoms with Crippen LogP contribution in [0.25, 0.3) is 0 Å². The number of hydrogen-bond acceptors (Lipinski definition) is 4. The van der Waals surface area contributed by atoms with Gasteiger partial charge in [-0.3, -0.25) is 0 Å². The van der Waals surface area contributed by atoms with Gasteiger partial charge in [-0.15, -0.1) is 0 Å². The molecule has 0 heterocycles. The third kappa shape index (κ3) is 5.76. The van der Waals surface area contributed by atoms with Gasteiger partial charge in [0.05, 0.1) is 4.47 Å². The second-order valence-corrected chi connectivity index (χ2v) is 5.69. The van der Waals surface area contributed by atoms with Gasteiger partial charge in [-0.25, -0.2) is 4.79 Å². The lowest BCUT2D eigenvalue weighted by Gasteiger charge is -2.13. The highest BCUT2D eigenvalue weighted by Crippen LogP contribution is 2.28. The van der Waals surface area contributed by atoms with Gasteiger partial charge in [-0.2, -0.15) is 0 Å². The number of ether oxygens (including phenoxy) is 2. The molecule has 1 aromatic rings. The highest BCUT2D eigenvalue weighted by Gasteiger charge is 2.11. The van der Waals surface area contributed by atoms with Crippen LogP contribution in [-0.4, -0.2) is 30.4 Å². The molecule has 1 N–H and O–H groups in total. The average Bonchev–Trinajstić information content (AvgIpc) is 2.34. The van der Waals surface area contributed by atoms with Crippen LogP contribution < -0.4 is 4.74 Å². The molecule has 0 bridgehead atoms. The van der Waals surface area contributed by atoms with Crippen LogP contribution in [0.2, 0.25) is 0 Å². The Hall–Kier alpha value is -0.850. The lowest BCUT2D eigenvalue weighted by molar-refractivity contribution is -0.142. The van der Waals surface area contributed by atoms with Gasteiger partial charge < -0.3 is 14.6 Å². The van der Waals surface area contributed by atoms with Crippen molar-refractivity contribution >= 4 is 37.8 Å². The van der Waals surface area contributed by atoms with Crippen LogP contribution in [-0.2, 0) is 9.53 Å². The van der Waals surface area contributed by atoms with Gasteiger partial charge in [0.15, 0.2) is 0 Å². The van der Waals surface area contributed by atoms with E-state index in [-0.39, 0.29) is 13.2 Å². The average molecular weight is 394 g/mol. The summed E-state index contributed by atoms with van der Waals surface area (Å²) in [5.74, 6) is 0.0809. The predicted molar refractivity (Wildman–Crippen MR) is 79.1 cm³/mol. The minimum atomic E-state index is -0.890. The predicted octanol–water partition coefficient (Wildman–Crippen LogP) is 3.07. The zero-order valence-corrected chi connectivity index (χ0v) is 13.5. The Morgan fingerprint density at radius 1 is 1.42 bits per heavy atom. The van der Waals surface area contributed by atoms with Crippen molar-refractivity contribution in [3.63, 3.8) is 0 Å². The molecule has 104 valence electrons. The third-order valence-electron chi connectivity index (χ3n) is 2.08. The lowest BCUT2D eigenvalue weighted by atomic mass is 10.3. The van der Waals surface area contributed by atoms with Gasteiger partial charge in [-0.1, -0.05) is 22.5 Å². The van der Waals surface area contributed by atoms with Gasteiger partial charge in [0.25, 0.3) is 0 Å². The van der Waals surface area contributed by atoms with Gasteiger partial charge in [0.1, 0.15) is 25.1 Å². The van der Waals surface area contributed by atoms with Crippen LogP contribution in [0.5, 0.6) is 5.75 Å². The highest BCUT2D eigenvalue weighted by atomic mass is 79.9. The van der Waals surface area contributed by atoms with E-state index < -0.39 is 12.1 Å². The number of aliphatic hydroxyl groups is 1. The lowest BCUT2D eigenvalue weighted by Crippen LogP contribution is -2.25. The fourth-order valence-corrected chi connectivity index (χ4v) is 2.28. The Morgan fingerprint density at radius 2 is 2.11 bits per heavy atom. The number of halogens is 2. The monoisotopic (exact) mass is 392 g/mol. The summed E-state index contributed by atoms with van der Waals surface area (Å²) in [6, 6.07) is 5.43. The van der Waals surface area contributed by atoms with Gasteiger partial charge >= 0.3 is 5.97 Å². The molecule has 0 saturated carbocycles. The van der Waals surface area contributed by atoms with Crippen molar-refractivity contribution in [2.24, 2.45) is 0 Å². The summed E-state index contributed by atoms with van der Waals surface area (Å²) in [6.45, 7) is 4.90. The van der Waals surface area contributed by atoms with Crippen molar-refractivity contribution in [3.05, 3.63) is 39.3 Å². The van der Waals surface area contributed by atoms with Gasteiger partial charge in [0, 0.05) is 10.0 Å². The normalized spacial score (nSPS) is 11.8. The Kier molecular flexibility index (Phi) is 6.54. The molecule has 0 saturated heterocycles. The molecule has 1 atom stereocenters. The number of carbonyl (C=O) groups excluding carboxylic acids is 1. The summed E-state index contributed by atoms with van der Waals surface area (Å²) in [5, 5.41) is 9.63. The largest absolute Gasteiger partial charge is 0.490 e.